The molecule has 0 fully saturated rings. The number of pyridine rings is 1. The Balaban J connectivity index is 0.000000550. The largest absolute Gasteiger partial charge is 0.375 e. The molecule has 0 saturated heterocycles. The van der Waals surface area contributed by atoms with E-state index in [2.05, 4.69) is 80.6 Å². The van der Waals surface area contributed by atoms with Gasteiger partial charge in [0.1, 0.15) is 17.6 Å². The summed E-state index contributed by atoms with van der Waals surface area (Å²) in [5.74, 6) is 0.847. The van der Waals surface area contributed by atoms with E-state index in [0.717, 1.165) is 5.82 Å². The van der Waals surface area contributed by atoms with Crippen LogP contribution in [0.1, 0.15) is 58.5 Å². The third kappa shape index (κ3) is 6.68. The summed E-state index contributed by atoms with van der Waals surface area (Å²) in [5, 5.41) is 11.0. The van der Waals surface area contributed by atoms with Crippen LogP contribution in [0.5, 0.6) is 0 Å². The van der Waals surface area contributed by atoms with Crippen molar-refractivity contribution in [3.63, 3.8) is 0 Å². The number of rotatable bonds is 1. The smallest absolute Gasteiger partial charge is 0.222 e. The number of hydrogen-bond acceptors (Lipinski definition) is 6. The van der Waals surface area contributed by atoms with E-state index < -0.39 is 10.2 Å². The lowest BCUT2D eigenvalue weighted by Gasteiger charge is -2.26. The molecule has 0 aromatic carbocycles. The third-order valence-electron chi connectivity index (χ3n) is 3.38. The standard InChI is InChI=1S/C16H25N4.ClHO4/c1-11-8-12(15(2,3)4)20(14-10-17-19-18-14)13(9-11)16(5,6)7;2-1(3,4)5/h8-10H,1-7H3,(H,17,18,19);(H,2,3,4,5)/q+1;/p-1. The van der Waals surface area contributed by atoms with Crippen LogP contribution in [-0.4, -0.2) is 15.4 Å². The van der Waals surface area contributed by atoms with Gasteiger partial charge in [-0.2, -0.15) is 4.57 Å². The van der Waals surface area contributed by atoms with Gasteiger partial charge < -0.3 is 0 Å². The number of nitrogens with one attached hydrogen (secondary N) is 1. The molecule has 1 N–H and O–H groups in total. The van der Waals surface area contributed by atoms with Crippen molar-refractivity contribution in [2.75, 3.05) is 0 Å². The lowest BCUT2D eigenvalue weighted by molar-refractivity contribution is -2.00. The van der Waals surface area contributed by atoms with E-state index in [4.69, 9.17) is 18.6 Å². The predicted octanol–water partition coefficient (Wildman–Crippen LogP) is -1.77. The quantitative estimate of drug-likeness (QED) is 0.588. The fourth-order valence-corrected chi connectivity index (χ4v) is 2.39. The molecule has 2 heterocycles. The molecule has 0 aliphatic rings. The van der Waals surface area contributed by atoms with Crippen LogP contribution in [0.15, 0.2) is 18.3 Å². The van der Waals surface area contributed by atoms with Gasteiger partial charge in [-0.05, 0) is 24.6 Å². The Morgan fingerprint density at radius 1 is 0.920 bits per heavy atom. The molecule has 2 aromatic heterocycles. The highest BCUT2D eigenvalue weighted by molar-refractivity contribution is 5.25. The Bertz CT molecular complexity index is 657. The van der Waals surface area contributed by atoms with Gasteiger partial charge in [-0.3, -0.25) is 0 Å². The minimum Gasteiger partial charge on any atom is -0.222 e. The van der Waals surface area contributed by atoms with Crippen LogP contribution in [0.25, 0.3) is 5.82 Å². The first kappa shape index (κ1) is 21.5. The molecular formula is C16H25ClN4O4. The molecule has 0 unspecified atom stereocenters. The monoisotopic (exact) mass is 372 g/mol. The molecule has 0 radical (unpaired) electrons. The molecule has 0 aliphatic heterocycles. The second-order valence-corrected chi connectivity index (χ2v) is 8.60. The molecule has 0 aliphatic carbocycles. The van der Waals surface area contributed by atoms with Crippen LogP contribution in [0.2, 0.25) is 0 Å². The van der Waals surface area contributed by atoms with Crippen molar-refractivity contribution in [1.29, 1.82) is 0 Å². The maximum absolute atomic E-state index is 8.49. The number of aromatic nitrogens is 4. The number of hydrogen-bond donors (Lipinski definition) is 1. The summed E-state index contributed by atoms with van der Waals surface area (Å²) >= 11 is 0. The van der Waals surface area contributed by atoms with Crippen molar-refractivity contribution in [3.05, 3.63) is 35.3 Å². The van der Waals surface area contributed by atoms with Crippen molar-refractivity contribution in [3.8, 4) is 5.82 Å². The molecule has 9 heteroatoms. The van der Waals surface area contributed by atoms with Gasteiger partial charge in [-0.25, -0.2) is 18.6 Å². The molecule has 0 spiro atoms. The van der Waals surface area contributed by atoms with Gasteiger partial charge in [0, 0.05) is 10.8 Å². The lowest BCUT2D eigenvalue weighted by Crippen LogP contribution is -2.68. The fourth-order valence-electron chi connectivity index (χ4n) is 2.39. The summed E-state index contributed by atoms with van der Waals surface area (Å²) in [5.41, 5.74) is 3.84. The number of aromatic amines is 1. The molecule has 0 atom stereocenters. The molecule has 25 heavy (non-hydrogen) atoms. The second-order valence-electron chi connectivity index (χ2n) is 7.84. The summed E-state index contributed by atoms with van der Waals surface area (Å²) < 4.78 is 36.2. The molecule has 0 bridgehead atoms. The van der Waals surface area contributed by atoms with E-state index >= 15 is 0 Å². The summed E-state index contributed by atoms with van der Waals surface area (Å²) in [6, 6.07) is 4.48. The van der Waals surface area contributed by atoms with Crippen LogP contribution in [-0.2, 0) is 10.8 Å². The van der Waals surface area contributed by atoms with Crippen molar-refractivity contribution < 1.29 is 33.4 Å². The van der Waals surface area contributed by atoms with Gasteiger partial charge >= 0.3 is 5.82 Å². The molecule has 140 valence electrons. The van der Waals surface area contributed by atoms with Gasteiger partial charge in [0.2, 0.25) is 0 Å². The van der Waals surface area contributed by atoms with Crippen LogP contribution in [0.3, 0.4) is 0 Å². The van der Waals surface area contributed by atoms with Crippen molar-refractivity contribution in [1.82, 2.24) is 15.4 Å². The highest BCUT2D eigenvalue weighted by Crippen LogP contribution is 2.26. The van der Waals surface area contributed by atoms with Gasteiger partial charge in [-0.1, -0.05) is 41.5 Å². The van der Waals surface area contributed by atoms with Crippen LogP contribution in [0.4, 0.5) is 0 Å². The minimum absolute atomic E-state index is 0.0327. The first-order valence-electron chi connectivity index (χ1n) is 7.66. The molecule has 2 aromatic rings. The van der Waals surface area contributed by atoms with E-state index in [9.17, 15) is 0 Å². The van der Waals surface area contributed by atoms with Crippen molar-refractivity contribution in [2.24, 2.45) is 0 Å². The fraction of sp³-hybridized carbons (Fsp3) is 0.562. The van der Waals surface area contributed by atoms with E-state index in [1.54, 1.807) is 6.20 Å². The van der Waals surface area contributed by atoms with Crippen LogP contribution < -0.4 is 23.2 Å². The van der Waals surface area contributed by atoms with Crippen molar-refractivity contribution >= 4 is 0 Å². The summed E-state index contributed by atoms with van der Waals surface area (Å²) in [4.78, 5) is 0. The van der Waals surface area contributed by atoms with Crippen LogP contribution >= 0.6 is 0 Å². The lowest BCUT2D eigenvalue weighted by atomic mass is 9.85. The Hall–Kier alpha value is -1.58. The highest BCUT2D eigenvalue weighted by Gasteiger charge is 2.32. The molecular weight excluding hydrogens is 348 g/mol. The minimum atomic E-state index is -4.94. The second kappa shape index (κ2) is 7.35. The summed E-state index contributed by atoms with van der Waals surface area (Å²) in [6.07, 6.45) is 1.78. The molecule has 8 nitrogen and oxygen atoms in total. The van der Waals surface area contributed by atoms with Gasteiger partial charge in [0.05, 0.1) is 5.10 Å². The van der Waals surface area contributed by atoms with Gasteiger partial charge in [-0.15, -0.1) is 20.6 Å². The Morgan fingerprint density at radius 3 is 1.60 bits per heavy atom. The zero-order chi connectivity index (χ0) is 19.6. The van der Waals surface area contributed by atoms with Gasteiger partial charge in [0.15, 0.2) is 0 Å². The number of aryl methyl sites for hydroxylation is 1. The maximum atomic E-state index is 8.49. The highest BCUT2D eigenvalue weighted by atomic mass is 35.7. The normalized spacial score (nSPS) is 12.6. The van der Waals surface area contributed by atoms with E-state index in [1.807, 2.05) is 0 Å². The first-order chi connectivity index (χ1) is 11.1. The maximum Gasteiger partial charge on any atom is 0.375 e. The Morgan fingerprint density at radius 2 is 1.32 bits per heavy atom. The van der Waals surface area contributed by atoms with Crippen LogP contribution in [0, 0.1) is 17.2 Å². The average molecular weight is 373 g/mol. The average Bonchev–Trinajstić information content (AvgIpc) is 2.87. The molecule has 0 amide bonds. The van der Waals surface area contributed by atoms with Gasteiger partial charge in [0.25, 0.3) is 0 Å². The predicted molar refractivity (Wildman–Crippen MR) is 80.1 cm³/mol. The summed E-state index contributed by atoms with van der Waals surface area (Å²) in [6.45, 7) is 15.5. The SMILES string of the molecule is Cc1cc(C(C)(C)C)[n+](-c2cn[nH]n2)c(C(C)(C)C)c1.[O-][Cl+3]([O-])([O-])[O-]. The summed E-state index contributed by atoms with van der Waals surface area (Å²) in [7, 11) is -4.94. The Labute approximate surface area is 149 Å². The molecule has 2 rings (SSSR count). The van der Waals surface area contributed by atoms with E-state index in [0.29, 0.717) is 0 Å². The third-order valence-corrected chi connectivity index (χ3v) is 3.38. The first-order valence-corrected chi connectivity index (χ1v) is 8.89. The Kier molecular flexibility index (Phi) is 6.31. The van der Waals surface area contributed by atoms with E-state index in [1.165, 1.54) is 17.0 Å². The number of nitrogens with zero attached hydrogens (tertiary/aromatic N) is 3. The van der Waals surface area contributed by atoms with Crippen molar-refractivity contribution in [2.45, 2.75) is 59.3 Å². The zero-order valence-corrected chi connectivity index (χ0v) is 16.3. The number of H-pyrrole nitrogens is 1. The zero-order valence-electron chi connectivity index (χ0n) is 15.6. The topological polar surface area (TPSA) is 138 Å². The van der Waals surface area contributed by atoms with E-state index in [-0.39, 0.29) is 10.8 Å². The number of halogens is 1. The molecule has 0 saturated carbocycles.